The molecule has 0 aliphatic carbocycles. The topological polar surface area (TPSA) is 88.9 Å². The molecule has 0 aliphatic rings. The summed E-state index contributed by atoms with van der Waals surface area (Å²) in [5.41, 5.74) is 2.73. The second-order valence-electron chi connectivity index (χ2n) is 7.53. The van der Waals surface area contributed by atoms with E-state index in [1.807, 2.05) is 17.6 Å². The van der Waals surface area contributed by atoms with E-state index in [9.17, 15) is 9.59 Å². The standard InChI is InChI=1S/C23H29N5O4/c1-7-28-19-10-8-15(22(29)26(2)3)12-17(19)24-21(28)14-27(4)23(30)25-18-13-16(31-5)9-11-20(18)32-6/h8-13H,7,14H2,1-6H3,(H,25,30). The van der Waals surface area contributed by atoms with Crippen molar-refractivity contribution in [2.24, 2.45) is 0 Å². The van der Waals surface area contributed by atoms with E-state index in [0.29, 0.717) is 29.3 Å². The van der Waals surface area contributed by atoms with E-state index in [2.05, 4.69) is 5.32 Å². The number of methoxy groups -OCH3 is 2. The molecule has 0 saturated carbocycles. The third-order valence-corrected chi connectivity index (χ3v) is 5.17. The summed E-state index contributed by atoms with van der Waals surface area (Å²) in [5, 5.41) is 2.86. The van der Waals surface area contributed by atoms with Gasteiger partial charge in [0.2, 0.25) is 0 Å². The fourth-order valence-electron chi connectivity index (χ4n) is 3.45. The van der Waals surface area contributed by atoms with Crippen molar-refractivity contribution < 1.29 is 19.1 Å². The summed E-state index contributed by atoms with van der Waals surface area (Å²) < 4.78 is 12.6. The highest BCUT2D eigenvalue weighted by Gasteiger charge is 2.18. The number of hydrogen-bond donors (Lipinski definition) is 1. The molecule has 0 atom stereocenters. The average molecular weight is 440 g/mol. The Kier molecular flexibility index (Phi) is 6.87. The van der Waals surface area contributed by atoms with E-state index >= 15 is 0 Å². The lowest BCUT2D eigenvalue weighted by molar-refractivity contribution is 0.0827. The number of anilines is 1. The molecule has 0 saturated heterocycles. The highest BCUT2D eigenvalue weighted by atomic mass is 16.5. The number of fused-ring (bicyclic) bond motifs is 1. The van der Waals surface area contributed by atoms with Gasteiger partial charge in [-0.1, -0.05) is 0 Å². The van der Waals surface area contributed by atoms with Crippen molar-refractivity contribution in [2.75, 3.05) is 40.7 Å². The number of aryl methyl sites for hydroxylation is 1. The zero-order valence-electron chi connectivity index (χ0n) is 19.3. The van der Waals surface area contributed by atoms with Crippen molar-refractivity contribution in [2.45, 2.75) is 20.0 Å². The number of nitrogens with one attached hydrogen (secondary N) is 1. The normalized spacial score (nSPS) is 10.7. The van der Waals surface area contributed by atoms with Crippen LogP contribution in [0.25, 0.3) is 11.0 Å². The zero-order chi connectivity index (χ0) is 23.4. The maximum atomic E-state index is 12.8. The van der Waals surface area contributed by atoms with Crippen LogP contribution in [0.4, 0.5) is 10.5 Å². The summed E-state index contributed by atoms with van der Waals surface area (Å²) in [5.74, 6) is 1.79. The zero-order valence-corrected chi connectivity index (χ0v) is 19.3. The summed E-state index contributed by atoms with van der Waals surface area (Å²) >= 11 is 0. The van der Waals surface area contributed by atoms with Crippen molar-refractivity contribution in [3.05, 3.63) is 47.8 Å². The van der Waals surface area contributed by atoms with Crippen LogP contribution in [0.3, 0.4) is 0 Å². The molecule has 3 aromatic rings. The average Bonchev–Trinajstić information content (AvgIpc) is 3.14. The second kappa shape index (κ2) is 9.59. The fourth-order valence-corrected chi connectivity index (χ4v) is 3.45. The maximum absolute atomic E-state index is 12.8. The van der Waals surface area contributed by atoms with E-state index in [1.54, 1.807) is 65.7 Å². The minimum absolute atomic E-state index is 0.0803. The third-order valence-electron chi connectivity index (χ3n) is 5.17. The fraction of sp³-hybridized carbons (Fsp3) is 0.348. The molecule has 3 amide bonds. The molecule has 1 aromatic heterocycles. The lowest BCUT2D eigenvalue weighted by Gasteiger charge is -2.19. The van der Waals surface area contributed by atoms with Crippen LogP contribution in [0.5, 0.6) is 11.5 Å². The molecular formula is C23H29N5O4. The van der Waals surface area contributed by atoms with Gasteiger partial charge in [-0.05, 0) is 37.3 Å². The molecule has 0 spiro atoms. The number of carbonyl (C=O) groups is 2. The van der Waals surface area contributed by atoms with Gasteiger partial charge in [0.15, 0.2) is 0 Å². The minimum atomic E-state index is -0.310. The summed E-state index contributed by atoms with van der Waals surface area (Å²) in [4.78, 5) is 32.9. The first-order chi connectivity index (χ1) is 15.3. The van der Waals surface area contributed by atoms with Gasteiger partial charge < -0.3 is 29.2 Å². The number of aromatic nitrogens is 2. The predicted octanol–water partition coefficient (Wildman–Crippen LogP) is 3.44. The number of hydrogen-bond acceptors (Lipinski definition) is 5. The Labute approximate surface area is 187 Å². The molecule has 170 valence electrons. The molecule has 0 unspecified atom stereocenters. The number of imidazole rings is 1. The number of nitrogens with zero attached hydrogens (tertiary/aromatic N) is 4. The SMILES string of the molecule is CCn1c(CN(C)C(=O)Nc2cc(OC)ccc2OC)nc2cc(C(=O)N(C)C)ccc21. The molecule has 0 fully saturated rings. The van der Waals surface area contributed by atoms with Crippen LogP contribution in [0.15, 0.2) is 36.4 Å². The van der Waals surface area contributed by atoms with Gasteiger partial charge in [-0.15, -0.1) is 0 Å². The number of rotatable bonds is 7. The Morgan fingerprint density at radius 2 is 1.81 bits per heavy atom. The number of carbonyl (C=O) groups excluding carboxylic acids is 2. The van der Waals surface area contributed by atoms with E-state index in [-0.39, 0.29) is 18.5 Å². The maximum Gasteiger partial charge on any atom is 0.322 e. The third kappa shape index (κ3) is 4.61. The van der Waals surface area contributed by atoms with Gasteiger partial charge in [0.1, 0.15) is 17.3 Å². The highest BCUT2D eigenvalue weighted by Crippen LogP contribution is 2.29. The lowest BCUT2D eigenvalue weighted by atomic mass is 10.2. The van der Waals surface area contributed by atoms with Crippen LogP contribution < -0.4 is 14.8 Å². The molecule has 32 heavy (non-hydrogen) atoms. The second-order valence-corrected chi connectivity index (χ2v) is 7.53. The molecule has 2 aromatic carbocycles. The number of urea groups is 1. The Hall–Kier alpha value is -3.75. The summed E-state index contributed by atoms with van der Waals surface area (Å²) in [6, 6.07) is 10.4. The van der Waals surface area contributed by atoms with Gasteiger partial charge in [0.25, 0.3) is 5.91 Å². The predicted molar refractivity (Wildman–Crippen MR) is 123 cm³/mol. The van der Waals surface area contributed by atoms with Crippen LogP contribution in [-0.4, -0.2) is 66.7 Å². The van der Waals surface area contributed by atoms with Crippen LogP contribution in [0.2, 0.25) is 0 Å². The van der Waals surface area contributed by atoms with Gasteiger partial charge in [-0.2, -0.15) is 0 Å². The van der Waals surface area contributed by atoms with E-state index in [4.69, 9.17) is 14.5 Å². The Morgan fingerprint density at radius 1 is 1.06 bits per heavy atom. The number of ether oxygens (including phenoxy) is 2. The van der Waals surface area contributed by atoms with Crippen molar-refractivity contribution in [3.8, 4) is 11.5 Å². The monoisotopic (exact) mass is 439 g/mol. The molecule has 9 nitrogen and oxygen atoms in total. The van der Waals surface area contributed by atoms with Crippen molar-refractivity contribution in [1.29, 1.82) is 0 Å². The first kappa shape index (κ1) is 22.9. The molecule has 0 bridgehead atoms. The summed E-state index contributed by atoms with van der Waals surface area (Å²) in [6.07, 6.45) is 0. The summed E-state index contributed by atoms with van der Waals surface area (Å²) in [7, 11) is 8.23. The number of benzene rings is 2. The summed E-state index contributed by atoms with van der Waals surface area (Å²) in [6.45, 7) is 2.99. The van der Waals surface area contributed by atoms with Crippen LogP contribution in [0, 0.1) is 0 Å². The Morgan fingerprint density at radius 3 is 2.44 bits per heavy atom. The van der Waals surface area contributed by atoms with E-state index < -0.39 is 0 Å². The van der Waals surface area contributed by atoms with Gasteiger partial charge in [0, 0.05) is 39.3 Å². The molecule has 1 N–H and O–H groups in total. The van der Waals surface area contributed by atoms with Crippen molar-refractivity contribution in [3.63, 3.8) is 0 Å². The molecule has 0 radical (unpaired) electrons. The van der Waals surface area contributed by atoms with Crippen LogP contribution >= 0.6 is 0 Å². The van der Waals surface area contributed by atoms with Gasteiger partial charge >= 0.3 is 6.03 Å². The van der Waals surface area contributed by atoms with Crippen LogP contribution in [-0.2, 0) is 13.1 Å². The highest BCUT2D eigenvalue weighted by molar-refractivity contribution is 5.97. The molecular weight excluding hydrogens is 410 g/mol. The molecule has 1 heterocycles. The quantitative estimate of drug-likeness (QED) is 0.609. The van der Waals surface area contributed by atoms with Crippen molar-refractivity contribution >= 4 is 28.7 Å². The first-order valence-corrected chi connectivity index (χ1v) is 10.2. The van der Waals surface area contributed by atoms with Gasteiger partial charge in [-0.25, -0.2) is 9.78 Å². The van der Waals surface area contributed by atoms with Gasteiger partial charge in [0.05, 0.1) is 37.5 Å². The van der Waals surface area contributed by atoms with Crippen molar-refractivity contribution in [1.82, 2.24) is 19.4 Å². The number of amides is 3. The van der Waals surface area contributed by atoms with Crippen LogP contribution in [0.1, 0.15) is 23.1 Å². The smallest absolute Gasteiger partial charge is 0.322 e. The van der Waals surface area contributed by atoms with E-state index in [0.717, 1.165) is 16.9 Å². The largest absolute Gasteiger partial charge is 0.497 e. The minimum Gasteiger partial charge on any atom is -0.497 e. The molecule has 0 aliphatic heterocycles. The molecule has 9 heteroatoms. The lowest BCUT2D eigenvalue weighted by Crippen LogP contribution is -2.32. The van der Waals surface area contributed by atoms with Gasteiger partial charge in [-0.3, -0.25) is 4.79 Å². The Bertz CT molecular complexity index is 1140. The Balaban J connectivity index is 1.83. The first-order valence-electron chi connectivity index (χ1n) is 10.2. The molecule has 3 rings (SSSR count). The van der Waals surface area contributed by atoms with E-state index in [1.165, 1.54) is 9.80 Å².